The zero-order chi connectivity index (χ0) is 23.0. The fourth-order valence-electron chi connectivity index (χ4n) is 3.86. The highest BCUT2D eigenvalue weighted by Crippen LogP contribution is 2.29. The molecule has 32 heavy (non-hydrogen) atoms. The van der Waals surface area contributed by atoms with Gasteiger partial charge >= 0.3 is 0 Å². The van der Waals surface area contributed by atoms with Crippen LogP contribution in [0.1, 0.15) is 35.3 Å². The molecule has 3 aromatic rings. The van der Waals surface area contributed by atoms with Crippen LogP contribution in [0, 0.1) is 13.8 Å². The number of carbonyl (C=O) groups excluding carboxylic acids is 1. The van der Waals surface area contributed by atoms with E-state index >= 15 is 0 Å². The van der Waals surface area contributed by atoms with Crippen molar-refractivity contribution in [1.29, 1.82) is 0 Å². The van der Waals surface area contributed by atoms with E-state index in [0.717, 1.165) is 21.3 Å². The summed E-state index contributed by atoms with van der Waals surface area (Å²) in [7, 11) is -3.65. The number of aromatic nitrogens is 1. The van der Waals surface area contributed by atoms with Crippen molar-refractivity contribution in [1.82, 2.24) is 14.7 Å². The van der Waals surface area contributed by atoms with Gasteiger partial charge in [0.25, 0.3) is 5.91 Å². The van der Waals surface area contributed by atoms with Crippen LogP contribution < -0.4 is 10.9 Å². The number of rotatable bonds is 5. The molecule has 0 saturated carbocycles. The first-order valence-electron chi connectivity index (χ1n) is 10.3. The lowest BCUT2D eigenvalue weighted by Gasteiger charge is -2.34. The van der Waals surface area contributed by atoms with Crippen molar-refractivity contribution in [2.75, 3.05) is 18.5 Å². The molecule has 2 atom stereocenters. The minimum absolute atomic E-state index is 0.153. The summed E-state index contributed by atoms with van der Waals surface area (Å²) < 4.78 is 34.0. The van der Waals surface area contributed by atoms with Crippen molar-refractivity contribution in [3.8, 4) is 0 Å². The number of carbonyl (C=O) groups is 1. The highest BCUT2D eigenvalue weighted by Gasteiger charge is 2.32. The predicted molar refractivity (Wildman–Crippen MR) is 125 cm³/mol. The van der Waals surface area contributed by atoms with E-state index in [-0.39, 0.29) is 23.0 Å². The molecule has 8 nitrogen and oxygen atoms in total. The van der Waals surface area contributed by atoms with Crippen molar-refractivity contribution < 1.29 is 17.9 Å². The molecule has 1 aliphatic heterocycles. The SMILES string of the molecule is Cc1cc(C)c2nc(NNC(=O)c3ccc(S(=O)(=O)N4CC(C)OC(C)C4)cc3)sc2c1. The molecule has 4 rings (SSSR count). The molecule has 1 fully saturated rings. The van der Waals surface area contributed by atoms with Gasteiger partial charge < -0.3 is 4.74 Å². The average Bonchev–Trinajstić information content (AvgIpc) is 3.14. The van der Waals surface area contributed by atoms with Gasteiger partial charge in [0, 0.05) is 18.7 Å². The van der Waals surface area contributed by atoms with Crippen LogP contribution in [0.2, 0.25) is 0 Å². The molecule has 1 saturated heterocycles. The Morgan fingerprint density at radius 3 is 2.44 bits per heavy atom. The molecule has 0 radical (unpaired) electrons. The van der Waals surface area contributed by atoms with E-state index in [0.29, 0.717) is 23.8 Å². The first kappa shape index (κ1) is 22.7. The number of hydrogen-bond donors (Lipinski definition) is 2. The van der Waals surface area contributed by atoms with Gasteiger partial charge in [-0.3, -0.25) is 15.6 Å². The van der Waals surface area contributed by atoms with Crippen molar-refractivity contribution in [3.05, 3.63) is 53.1 Å². The fourth-order valence-corrected chi connectivity index (χ4v) is 6.45. The van der Waals surface area contributed by atoms with E-state index in [2.05, 4.69) is 28.0 Å². The monoisotopic (exact) mass is 474 g/mol. The van der Waals surface area contributed by atoms with E-state index in [9.17, 15) is 13.2 Å². The number of morpholine rings is 1. The molecule has 0 spiro atoms. The third-order valence-corrected chi connectivity index (χ3v) is 8.02. The average molecular weight is 475 g/mol. The molecule has 2 unspecified atom stereocenters. The Balaban J connectivity index is 1.44. The Kier molecular flexibility index (Phi) is 6.22. The number of fused-ring (bicyclic) bond motifs is 1. The van der Waals surface area contributed by atoms with Gasteiger partial charge in [0.05, 0.1) is 27.3 Å². The molecular weight excluding hydrogens is 448 g/mol. The van der Waals surface area contributed by atoms with Crippen molar-refractivity contribution >= 4 is 42.6 Å². The molecule has 10 heteroatoms. The lowest BCUT2D eigenvalue weighted by molar-refractivity contribution is -0.0440. The van der Waals surface area contributed by atoms with Gasteiger partial charge in [-0.2, -0.15) is 4.31 Å². The Hall–Kier alpha value is -2.53. The zero-order valence-corrected chi connectivity index (χ0v) is 20.0. The van der Waals surface area contributed by atoms with Gasteiger partial charge in [-0.15, -0.1) is 0 Å². The van der Waals surface area contributed by atoms with Crippen LogP contribution >= 0.6 is 11.3 Å². The maximum Gasteiger partial charge on any atom is 0.269 e. The van der Waals surface area contributed by atoms with E-state index in [4.69, 9.17) is 4.74 Å². The molecule has 0 bridgehead atoms. The highest BCUT2D eigenvalue weighted by atomic mass is 32.2. The summed E-state index contributed by atoms with van der Waals surface area (Å²) in [5.74, 6) is -0.380. The lowest BCUT2D eigenvalue weighted by atomic mass is 10.1. The van der Waals surface area contributed by atoms with E-state index in [1.165, 1.54) is 39.9 Å². The van der Waals surface area contributed by atoms with Crippen LogP contribution in [0.5, 0.6) is 0 Å². The van der Waals surface area contributed by atoms with E-state index < -0.39 is 10.0 Å². The second-order valence-electron chi connectivity index (χ2n) is 8.13. The van der Waals surface area contributed by atoms with Crippen LogP contribution in [0.4, 0.5) is 5.13 Å². The van der Waals surface area contributed by atoms with Crippen molar-refractivity contribution in [2.45, 2.75) is 44.8 Å². The number of thiazole rings is 1. The maximum atomic E-state index is 13.0. The second-order valence-corrected chi connectivity index (χ2v) is 11.1. The number of benzene rings is 2. The summed E-state index contributed by atoms with van der Waals surface area (Å²) in [5, 5.41) is 0.580. The van der Waals surface area contributed by atoms with Crippen molar-refractivity contribution in [3.63, 3.8) is 0 Å². The normalized spacial score (nSPS) is 19.8. The van der Waals surface area contributed by atoms with Crippen molar-refractivity contribution in [2.24, 2.45) is 0 Å². The number of nitrogens with one attached hydrogen (secondary N) is 2. The van der Waals surface area contributed by atoms with E-state index in [1.807, 2.05) is 27.7 Å². The summed E-state index contributed by atoms with van der Waals surface area (Å²) in [6.45, 7) is 8.36. The van der Waals surface area contributed by atoms with Gasteiger partial charge in [0.2, 0.25) is 15.2 Å². The van der Waals surface area contributed by atoms with E-state index in [1.54, 1.807) is 0 Å². The molecular formula is C22H26N4O4S2. The van der Waals surface area contributed by atoms with Crippen LogP contribution in [-0.4, -0.2) is 48.9 Å². The number of nitrogens with zero attached hydrogens (tertiary/aromatic N) is 2. The summed E-state index contributed by atoms with van der Waals surface area (Å²) in [4.78, 5) is 17.2. The number of aryl methyl sites for hydroxylation is 2. The first-order valence-corrected chi connectivity index (χ1v) is 12.6. The molecule has 1 aromatic heterocycles. The predicted octanol–water partition coefficient (Wildman–Crippen LogP) is 3.47. The Labute approximate surface area is 191 Å². The smallest absolute Gasteiger partial charge is 0.269 e. The number of sulfonamides is 1. The summed E-state index contributed by atoms with van der Waals surface area (Å²) in [6, 6.07) is 10.0. The Morgan fingerprint density at radius 2 is 1.78 bits per heavy atom. The molecule has 2 aromatic carbocycles. The Morgan fingerprint density at radius 1 is 1.12 bits per heavy atom. The minimum Gasteiger partial charge on any atom is -0.373 e. The lowest BCUT2D eigenvalue weighted by Crippen LogP contribution is -2.48. The topological polar surface area (TPSA) is 101 Å². The number of amides is 1. The largest absolute Gasteiger partial charge is 0.373 e. The Bertz CT molecular complexity index is 1240. The third kappa shape index (κ3) is 4.63. The standard InChI is InChI=1S/C22H26N4O4S2/c1-13-9-14(2)20-19(10-13)31-22(23-20)25-24-21(27)17-5-7-18(8-6-17)32(28,29)26-11-15(3)30-16(4)12-26/h5-10,15-16H,11-12H2,1-4H3,(H,23,25)(H,24,27). The summed E-state index contributed by atoms with van der Waals surface area (Å²) in [5.41, 5.74) is 8.96. The molecule has 0 aliphatic carbocycles. The first-order chi connectivity index (χ1) is 15.1. The van der Waals surface area contributed by atoms with Gasteiger partial charge in [0.1, 0.15) is 0 Å². The minimum atomic E-state index is -3.65. The summed E-state index contributed by atoms with van der Waals surface area (Å²) >= 11 is 1.45. The highest BCUT2D eigenvalue weighted by molar-refractivity contribution is 7.89. The molecule has 2 heterocycles. The van der Waals surface area contributed by atoms with Crippen LogP contribution in [0.15, 0.2) is 41.3 Å². The maximum absolute atomic E-state index is 13.0. The van der Waals surface area contributed by atoms with Gasteiger partial charge in [0.15, 0.2) is 0 Å². The van der Waals surface area contributed by atoms with Crippen LogP contribution in [-0.2, 0) is 14.8 Å². The van der Waals surface area contributed by atoms with Crippen LogP contribution in [0.25, 0.3) is 10.2 Å². The molecule has 2 N–H and O–H groups in total. The van der Waals surface area contributed by atoms with Gasteiger partial charge in [-0.1, -0.05) is 17.4 Å². The summed E-state index contributed by atoms with van der Waals surface area (Å²) in [6.07, 6.45) is -0.334. The second kappa shape index (κ2) is 8.78. The third-order valence-electron chi connectivity index (χ3n) is 5.25. The van der Waals surface area contributed by atoms with Crippen LogP contribution in [0.3, 0.4) is 0 Å². The molecule has 170 valence electrons. The number of ether oxygens (including phenoxy) is 1. The fraction of sp³-hybridized carbons (Fsp3) is 0.364. The van der Waals surface area contributed by atoms with Gasteiger partial charge in [-0.05, 0) is 69.2 Å². The quantitative estimate of drug-likeness (QED) is 0.549. The molecule has 1 aliphatic rings. The number of hydrogen-bond acceptors (Lipinski definition) is 7. The zero-order valence-electron chi connectivity index (χ0n) is 18.4. The molecule has 1 amide bonds. The number of hydrazine groups is 1. The van der Waals surface area contributed by atoms with Gasteiger partial charge in [-0.25, -0.2) is 13.4 Å². The number of anilines is 1.